The highest BCUT2D eigenvalue weighted by atomic mass is 16.8. The Bertz CT molecular complexity index is 592. The van der Waals surface area contributed by atoms with E-state index >= 15 is 0 Å². The van der Waals surface area contributed by atoms with Crippen molar-refractivity contribution in [2.75, 3.05) is 26.2 Å². The molecule has 1 aliphatic heterocycles. The van der Waals surface area contributed by atoms with Crippen molar-refractivity contribution in [3.63, 3.8) is 0 Å². The molecular weight excluding hydrogens is 300 g/mol. The number of aryl methyl sites for hydroxylation is 1. The van der Waals surface area contributed by atoms with Gasteiger partial charge < -0.3 is 15.0 Å². The molecule has 1 amide bonds. The molecule has 0 spiro atoms. The number of pyridine rings is 1. The monoisotopic (exact) mass is 323 g/mol. The van der Waals surface area contributed by atoms with Gasteiger partial charge in [0.05, 0.1) is 4.91 Å². The van der Waals surface area contributed by atoms with Gasteiger partial charge in [-0.2, -0.15) is 0 Å². The van der Waals surface area contributed by atoms with Crippen molar-refractivity contribution in [2.24, 2.45) is 0 Å². The van der Waals surface area contributed by atoms with E-state index in [2.05, 4.69) is 10.3 Å². The zero-order chi connectivity index (χ0) is 17.0. The van der Waals surface area contributed by atoms with Crippen LogP contribution >= 0.6 is 0 Å². The topological polar surface area (TPSA) is 83.8 Å². The van der Waals surface area contributed by atoms with E-state index in [1.165, 1.54) is 12.1 Å². The van der Waals surface area contributed by atoms with Gasteiger partial charge in [-0.1, -0.05) is 0 Å². The van der Waals surface area contributed by atoms with E-state index in [1.54, 1.807) is 32.6 Å². The predicted molar refractivity (Wildman–Crippen MR) is 83.6 cm³/mol. The minimum absolute atomic E-state index is 0.166. The number of amides is 1. The second-order valence-corrected chi connectivity index (χ2v) is 6.32. The Hall–Kier alpha value is -2.22. The minimum atomic E-state index is -0.609. The zero-order valence-corrected chi connectivity index (χ0v) is 14.0. The standard InChI is InChI=1S/C15H23N4O4/c1-11-12(19(21)23-15(2,3)4)5-6-13(17-11)22-14(20)18-9-7-16-8-10-18/h5-6,16H,7-10H2,1-4H3/q+1. The third kappa shape index (κ3) is 4.88. The average molecular weight is 323 g/mol. The van der Waals surface area contributed by atoms with E-state index in [9.17, 15) is 9.70 Å². The molecule has 1 aromatic heterocycles. The van der Waals surface area contributed by atoms with Gasteiger partial charge in [0.15, 0.2) is 5.60 Å². The van der Waals surface area contributed by atoms with Gasteiger partial charge in [-0.05, 0) is 27.7 Å². The largest absolute Gasteiger partial charge is 0.416 e. The molecule has 8 nitrogen and oxygen atoms in total. The molecule has 23 heavy (non-hydrogen) atoms. The molecule has 0 bridgehead atoms. The summed E-state index contributed by atoms with van der Waals surface area (Å²) in [6.07, 6.45) is -0.434. The second kappa shape index (κ2) is 6.91. The SMILES string of the molecule is Cc1nc(OC(=O)N2CCNCC2)ccc1[N+](=O)OC(C)(C)C. The average Bonchev–Trinajstić information content (AvgIpc) is 2.46. The molecule has 1 saturated heterocycles. The first-order chi connectivity index (χ1) is 10.8. The fraction of sp³-hybridized carbons (Fsp3) is 0.600. The number of hydrogen-bond acceptors (Lipinski definition) is 6. The quantitative estimate of drug-likeness (QED) is 0.856. The van der Waals surface area contributed by atoms with E-state index in [0.717, 1.165) is 13.1 Å². The molecule has 0 aliphatic carbocycles. The van der Waals surface area contributed by atoms with Crippen molar-refractivity contribution in [1.82, 2.24) is 15.2 Å². The number of nitrogens with zero attached hydrogens (tertiary/aromatic N) is 3. The molecule has 0 atom stereocenters. The third-order valence-electron chi connectivity index (χ3n) is 3.15. The highest BCUT2D eigenvalue weighted by molar-refractivity contribution is 5.70. The van der Waals surface area contributed by atoms with Gasteiger partial charge in [0, 0.05) is 38.3 Å². The highest BCUT2D eigenvalue weighted by Crippen LogP contribution is 2.22. The Morgan fingerprint density at radius 3 is 2.52 bits per heavy atom. The lowest BCUT2D eigenvalue weighted by Gasteiger charge is -2.26. The number of carbonyl (C=O) groups is 1. The Kier molecular flexibility index (Phi) is 5.15. The van der Waals surface area contributed by atoms with Gasteiger partial charge in [0.1, 0.15) is 5.69 Å². The highest BCUT2D eigenvalue weighted by Gasteiger charge is 2.29. The summed E-state index contributed by atoms with van der Waals surface area (Å²) < 4.78 is 5.26. The first-order valence-electron chi connectivity index (χ1n) is 7.58. The first kappa shape index (κ1) is 17.1. The van der Waals surface area contributed by atoms with Crippen LogP contribution in [0.15, 0.2) is 12.1 Å². The van der Waals surface area contributed by atoms with E-state index < -0.39 is 11.7 Å². The Labute approximate surface area is 135 Å². The number of rotatable bonds is 3. The van der Waals surface area contributed by atoms with Gasteiger partial charge in [-0.15, -0.1) is 0 Å². The minimum Gasteiger partial charge on any atom is -0.391 e. The number of ether oxygens (including phenoxy) is 1. The van der Waals surface area contributed by atoms with Crippen molar-refractivity contribution in [2.45, 2.75) is 33.3 Å². The molecule has 1 aromatic rings. The zero-order valence-electron chi connectivity index (χ0n) is 14.0. The van der Waals surface area contributed by atoms with Crippen molar-refractivity contribution >= 4 is 11.8 Å². The molecule has 2 heterocycles. The van der Waals surface area contributed by atoms with Crippen LogP contribution in [0.2, 0.25) is 0 Å². The molecule has 0 aromatic carbocycles. The number of aromatic nitrogens is 1. The smallest absolute Gasteiger partial charge is 0.391 e. The van der Waals surface area contributed by atoms with E-state index in [1.807, 2.05) is 0 Å². The summed E-state index contributed by atoms with van der Waals surface area (Å²) in [6.45, 7) is 9.70. The van der Waals surface area contributed by atoms with Gasteiger partial charge in [-0.3, -0.25) is 0 Å². The lowest BCUT2D eigenvalue weighted by atomic mass is 10.2. The first-order valence-corrected chi connectivity index (χ1v) is 7.58. The van der Waals surface area contributed by atoms with Crippen LogP contribution in [-0.4, -0.2) is 52.7 Å². The maximum absolute atomic E-state index is 12.0. The summed E-state index contributed by atoms with van der Waals surface area (Å²) in [5.41, 5.74) is 0.0958. The van der Waals surface area contributed by atoms with Crippen molar-refractivity contribution in [3.8, 4) is 5.88 Å². The second-order valence-electron chi connectivity index (χ2n) is 6.32. The maximum atomic E-state index is 12.0. The molecule has 1 N–H and O–H groups in total. The fourth-order valence-electron chi connectivity index (χ4n) is 2.08. The summed E-state index contributed by atoms with van der Waals surface area (Å²) in [5.74, 6) is 0.166. The van der Waals surface area contributed by atoms with Gasteiger partial charge in [-0.25, -0.2) is 14.6 Å². The van der Waals surface area contributed by atoms with Crippen molar-refractivity contribution < 1.29 is 19.3 Å². The van der Waals surface area contributed by atoms with Crippen LogP contribution in [0, 0.1) is 11.8 Å². The molecule has 1 fully saturated rings. The Balaban J connectivity index is 2.04. The van der Waals surface area contributed by atoms with Crippen LogP contribution in [0.4, 0.5) is 10.5 Å². The lowest BCUT2D eigenvalue weighted by molar-refractivity contribution is -0.766. The van der Waals surface area contributed by atoms with Crippen molar-refractivity contribution in [1.29, 1.82) is 0 Å². The Morgan fingerprint density at radius 1 is 1.30 bits per heavy atom. The number of piperazine rings is 1. The van der Waals surface area contributed by atoms with Crippen LogP contribution in [0.5, 0.6) is 5.88 Å². The molecule has 8 heteroatoms. The van der Waals surface area contributed by atoms with Gasteiger partial charge in [0.2, 0.25) is 5.88 Å². The third-order valence-corrected chi connectivity index (χ3v) is 3.15. The molecule has 0 unspecified atom stereocenters. The summed E-state index contributed by atoms with van der Waals surface area (Å²) in [5, 5.41) is 3.16. The lowest BCUT2D eigenvalue weighted by Crippen LogP contribution is -2.47. The predicted octanol–water partition coefficient (Wildman–Crippen LogP) is 1.93. The van der Waals surface area contributed by atoms with Gasteiger partial charge in [0.25, 0.3) is 4.92 Å². The summed E-state index contributed by atoms with van der Waals surface area (Å²) in [6, 6.07) is 3.01. The molecule has 126 valence electrons. The van der Waals surface area contributed by atoms with Gasteiger partial charge >= 0.3 is 11.8 Å². The van der Waals surface area contributed by atoms with Crippen LogP contribution in [0.1, 0.15) is 26.5 Å². The van der Waals surface area contributed by atoms with Crippen LogP contribution in [-0.2, 0) is 4.84 Å². The number of carbonyl (C=O) groups excluding carboxylic acids is 1. The van der Waals surface area contributed by atoms with Crippen LogP contribution in [0.25, 0.3) is 0 Å². The number of nitrogens with one attached hydrogen (secondary N) is 1. The Morgan fingerprint density at radius 2 is 1.96 bits per heavy atom. The van der Waals surface area contributed by atoms with E-state index in [-0.39, 0.29) is 11.6 Å². The fourth-order valence-corrected chi connectivity index (χ4v) is 2.08. The molecule has 0 saturated carbocycles. The normalized spacial score (nSPS) is 15.2. The molecular formula is C15H23N4O4+. The maximum Gasteiger partial charge on any atom is 0.416 e. The molecule has 1 aliphatic rings. The molecule has 2 rings (SSSR count). The summed E-state index contributed by atoms with van der Waals surface area (Å²) >= 11 is 0. The van der Waals surface area contributed by atoms with E-state index in [0.29, 0.717) is 23.7 Å². The van der Waals surface area contributed by atoms with Crippen molar-refractivity contribution in [3.05, 3.63) is 22.7 Å². The van der Waals surface area contributed by atoms with E-state index in [4.69, 9.17) is 9.57 Å². The number of hydrogen-bond donors (Lipinski definition) is 1. The summed E-state index contributed by atoms with van der Waals surface area (Å²) in [7, 11) is 0. The molecule has 0 radical (unpaired) electrons. The summed E-state index contributed by atoms with van der Waals surface area (Å²) in [4.78, 5) is 35.5. The van der Waals surface area contributed by atoms with Crippen LogP contribution < -0.4 is 10.1 Å². The van der Waals surface area contributed by atoms with Crippen LogP contribution in [0.3, 0.4) is 0 Å².